The van der Waals surface area contributed by atoms with Crippen molar-refractivity contribution in [1.82, 2.24) is 4.98 Å². The molecule has 0 saturated carbocycles. The minimum Gasteiger partial charge on any atom is -0.496 e. The number of anilines is 1. The molecule has 0 N–H and O–H groups in total. The van der Waals surface area contributed by atoms with Crippen molar-refractivity contribution in [2.75, 3.05) is 18.0 Å². The Bertz CT molecular complexity index is 1180. The topological polar surface area (TPSA) is 85.8 Å². The summed E-state index contributed by atoms with van der Waals surface area (Å²) in [6.07, 6.45) is 2.25. The van der Waals surface area contributed by atoms with Crippen molar-refractivity contribution < 1.29 is 22.7 Å². The number of aromatic nitrogens is 1. The lowest BCUT2D eigenvalue weighted by Gasteiger charge is -2.20. The number of nitrogens with zero attached hydrogens (tertiary/aromatic N) is 2. The zero-order valence-electron chi connectivity index (χ0n) is 16.3. The smallest absolute Gasteiger partial charge is 0.342 e. The normalized spacial score (nSPS) is 13.0. The molecule has 1 aromatic heterocycles. The van der Waals surface area contributed by atoms with Crippen LogP contribution in [-0.2, 0) is 27.8 Å². The molecule has 154 valence electrons. The number of sulfonamides is 1. The van der Waals surface area contributed by atoms with Crippen LogP contribution in [0.3, 0.4) is 0 Å². The second-order valence-corrected chi connectivity index (χ2v) is 8.58. The summed E-state index contributed by atoms with van der Waals surface area (Å²) in [5.74, 6) is -0.446. The molecule has 30 heavy (non-hydrogen) atoms. The molecule has 0 fully saturated rings. The molecule has 4 rings (SSSR count). The summed E-state index contributed by atoms with van der Waals surface area (Å²) in [5, 5.41) is 0. The van der Waals surface area contributed by atoms with Crippen LogP contribution in [0.15, 0.2) is 71.8 Å². The number of benzene rings is 2. The van der Waals surface area contributed by atoms with E-state index in [0.29, 0.717) is 24.3 Å². The highest BCUT2D eigenvalue weighted by molar-refractivity contribution is 7.92. The van der Waals surface area contributed by atoms with Gasteiger partial charge >= 0.3 is 5.97 Å². The molecule has 2 heterocycles. The van der Waals surface area contributed by atoms with E-state index in [-0.39, 0.29) is 22.8 Å². The van der Waals surface area contributed by atoms with Gasteiger partial charge in [-0.2, -0.15) is 0 Å². The number of esters is 1. The van der Waals surface area contributed by atoms with Crippen LogP contribution >= 0.6 is 0 Å². The Kier molecular flexibility index (Phi) is 5.41. The largest absolute Gasteiger partial charge is 0.496 e. The number of pyridine rings is 1. The van der Waals surface area contributed by atoms with Gasteiger partial charge in [-0.1, -0.05) is 24.3 Å². The maximum atomic E-state index is 13.3. The van der Waals surface area contributed by atoms with Crippen molar-refractivity contribution in [2.24, 2.45) is 0 Å². The molecule has 0 amide bonds. The van der Waals surface area contributed by atoms with Gasteiger partial charge < -0.3 is 9.47 Å². The van der Waals surface area contributed by atoms with Gasteiger partial charge in [0.25, 0.3) is 10.0 Å². The standard InChI is InChI=1S/C22H20N2O5S/c1-28-21-10-9-18(14-19(21)22(25)29-15-17-7-4-5-12-23-17)30(26,27)24-13-11-16-6-2-3-8-20(16)24/h2-10,12,14H,11,13,15H2,1H3. The second-order valence-electron chi connectivity index (χ2n) is 6.72. The number of fused-ring (bicyclic) bond motifs is 1. The van der Waals surface area contributed by atoms with E-state index in [9.17, 15) is 13.2 Å². The van der Waals surface area contributed by atoms with Crippen LogP contribution in [0.25, 0.3) is 0 Å². The van der Waals surface area contributed by atoms with E-state index in [1.54, 1.807) is 36.5 Å². The highest BCUT2D eigenvalue weighted by Crippen LogP contribution is 2.34. The lowest BCUT2D eigenvalue weighted by molar-refractivity contribution is 0.0464. The highest BCUT2D eigenvalue weighted by Gasteiger charge is 2.31. The van der Waals surface area contributed by atoms with Gasteiger partial charge in [-0.05, 0) is 48.4 Å². The van der Waals surface area contributed by atoms with Crippen LogP contribution in [0.1, 0.15) is 21.6 Å². The Labute approximate surface area is 174 Å². The average molecular weight is 424 g/mol. The number of methoxy groups -OCH3 is 1. The molecule has 2 aromatic carbocycles. The van der Waals surface area contributed by atoms with E-state index >= 15 is 0 Å². The summed E-state index contributed by atoms with van der Waals surface area (Å²) in [7, 11) is -2.43. The predicted octanol–water partition coefficient (Wildman–Crippen LogP) is 3.20. The van der Waals surface area contributed by atoms with Gasteiger partial charge in [-0.25, -0.2) is 13.2 Å². The van der Waals surface area contributed by atoms with Crippen LogP contribution in [0.5, 0.6) is 5.75 Å². The molecule has 7 nitrogen and oxygen atoms in total. The molecule has 0 saturated heterocycles. The number of carbonyl (C=O) groups excluding carboxylic acids is 1. The van der Waals surface area contributed by atoms with E-state index in [4.69, 9.17) is 9.47 Å². The number of hydrogen-bond acceptors (Lipinski definition) is 6. The summed E-state index contributed by atoms with van der Waals surface area (Å²) < 4.78 is 38.5. The SMILES string of the molecule is COc1ccc(S(=O)(=O)N2CCc3ccccc32)cc1C(=O)OCc1ccccn1. The maximum Gasteiger partial charge on any atom is 0.342 e. The van der Waals surface area contributed by atoms with Gasteiger partial charge in [0.15, 0.2) is 0 Å². The lowest BCUT2D eigenvalue weighted by Crippen LogP contribution is -2.29. The number of carbonyl (C=O) groups is 1. The van der Waals surface area contributed by atoms with Crippen molar-refractivity contribution in [1.29, 1.82) is 0 Å². The van der Waals surface area contributed by atoms with Crippen LogP contribution < -0.4 is 9.04 Å². The fourth-order valence-electron chi connectivity index (χ4n) is 3.39. The molecule has 1 aliphatic rings. The Morgan fingerprint density at radius 1 is 1.10 bits per heavy atom. The van der Waals surface area contributed by atoms with Crippen molar-refractivity contribution in [3.8, 4) is 5.75 Å². The molecule has 0 radical (unpaired) electrons. The molecule has 0 atom stereocenters. The van der Waals surface area contributed by atoms with Gasteiger partial charge in [0.2, 0.25) is 0 Å². The summed E-state index contributed by atoms with van der Waals surface area (Å²) in [6.45, 7) is 0.326. The van der Waals surface area contributed by atoms with Crippen LogP contribution in [0, 0.1) is 0 Å². The van der Waals surface area contributed by atoms with E-state index in [0.717, 1.165) is 5.56 Å². The number of hydrogen-bond donors (Lipinski definition) is 0. The van der Waals surface area contributed by atoms with Crippen LogP contribution in [0.2, 0.25) is 0 Å². The molecular weight excluding hydrogens is 404 g/mol. The summed E-state index contributed by atoms with van der Waals surface area (Å²) in [4.78, 5) is 16.8. The highest BCUT2D eigenvalue weighted by atomic mass is 32.2. The zero-order chi connectivity index (χ0) is 21.1. The summed E-state index contributed by atoms with van der Waals surface area (Å²) >= 11 is 0. The van der Waals surface area contributed by atoms with Crippen molar-refractivity contribution in [3.05, 3.63) is 83.7 Å². The Hall–Kier alpha value is -3.39. The van der Waals surface area contributed by atoms with Gasteiger partial charge in [0, 0.05) is 12.7 Å². The fourth-order valence-corrected chi connectivity index (χ4v) is 4.92. The Balaban J connectivity index is 1.63. The first-order valence-corrected chi connectivity index (χ1v) is 10.8. The van der Waals surface area contributed by atoms with Gasteiger partial charge in [0.05, 0.1) is 23.4 Å². The first-order chi connectivity index (χ1) is 14.5. The van der Waals surface area contributed by atoms with Gasteiger partial charge in [-0.15, -0.1) is 0 Å². The van der Waals surface area contributed by atoms with E-state index in [1.807, 2.05) is 12.1 Å². The minimum absolute atomic E-state index is 0.00443. The maximum absolute atomic E-state index is 13.3. The third-order valence-electron chi connectivity index (χ3n) is 4.90. The summed E-state index contributed by atoms with van der Waals surface area (Å²) in [6, 6.07) is 16.9. The van der Waals surface area contributed by atoms with E-state index in [2.05, 4.69) is 4.98 Å². The quantitative estimate of drug-likeness (QED) is 0.565. The monoisotopic (exact) mass is 424 g/mol. The zero-order valence-corrected chi connectivity index (χ0v) is 17.1. The molecule has 3 aromatic rings. The number of ether oxygens (including phenoxy) is 2. The van der Waals surface area contributed by atoms with E-state index in [1.165, 1.54) is 29.6 Å². The van der Waals surface area contributed by atoms with Crippen molar-refractivity contribution in [3.63, 3.8) is 0 Å². The number of rotatable bonds is 6. The van der Waals surface area contributed by atoms with Gasteiger partial charge in [0.1, 0.15) is 17.9 Å². The van der Waals surface area contributed by atoms with Crippen LogP contribution in [-0.4, -0.2) is 33.0 Å². The molecule has 1 aliphatic heterocycles. The van der Waals surface area contributed by atoms with Crippen molar-refractivity contribution >= 4 is 21.7 Å². The third kappa shape index (κ3) is 3.73. The molecule has 8 heteroatoms. The second kappa shape index (κ2) is 8.16. The molecule has 0 unspecified atom stereocenters. The first kappa shape index (κ1) is 19.9. The first-order valence-electron chi connectivity index (χ1n) is 9.36. The third-order valence-corrected chi connectivity index (χ3v) is 6.71. The fraction of sp³-hybridized carbons (Fsp3) is 0.182. The minimum atomic E-state index is -3.84. The molecule has 0 aliphatic carbocycles. The Morgan fingerprint density at radius 3 is 2.67 bits per heavy atom. The van der Waals surface area contributed by atoms with E-state index < -0.39 is 16.0 Å². The molecular formula is C22H20N2O5S. The van der Waals surface area contributed by atoms with Crippen molar-refractivity contribution in [2.45, 2.75) is 17.9 Å². The average Bonchev–Trinajstić information content (AvgIpc) is 3.23. The molecule has 0 spiro atoms. The molecule has 0 bridgehead atoms. The lowest BCUT2D eigenvalue weighted by atomic mass is 10.2. The van der Waals surface area contributed by atoms with Crippen LogP contribution in [0.4, 0.5) is 5.69 Å². The number of para-hydroxylation sites is 1. The Morgan fingerprint density at radius 2 is 1.90 bits per heavy atom. The summed E-state index contributed by atoms with van der Waals surface area (Å²) in [5.41, 5.74) is 2.27. The van der Waals surface area contributed by atoms with Gasteiger partial charge in [-0.3, -0.25) is 9.29 Å². The predicted molar refractivity (Wildman–Crippen MR) is 111 cm³/mol.